The Morgan fingerprint density at radius 3 is 2.30 bits per heavy atom. The van der Waals surface area contributed by atoms with Crippen LogP contribution in [0.5, 0.6) is 0 Å². The van der Waals surface area contributed by atoms with Crippen LogP contribution in [-0.4, -0.2) is 30.1 Å². The van der Waals surface area contributed by atoms with Crippen molar-refractivity contribution in [1.29, 1.82) is 0 Å². The molecular formula is C21H24N2O4. The Labute approximate surface area is 158 Å². The molecule has 6 heteroatoms. The van der Waals surface area contributed by atoms with Gasteiger partial charge in [0.2, 0.25) is 5.91 Å². The molecule has 4 N–H and O–H groups in total. The maximum Gasteiger partial charge on any atom is 0.231 e. The lowest BCUT2D eigenvalue weighted by molar-refractivity contribution is -0.407. The van der Waals surface area contributed by atoms with Crippen LogP contribution in [0.1, 0.15) is 13.8 Å². The zero-order valence-electron chi connectivity index (χ0n) is 15.4. The number of carboxylic acid groups (broad SMARTS) is 1. The van der Waals surface area contributed by atoms with Gasteiger partial charge in [-0.1, -0.05) is 48.6 Å². The van der Waals surface area contributed by atoms with Gasteiger partial charge >= 0.3 is 0 Å². The molecule has 1 saturated heterocycles. The summed E-state index contributed by atoms with van der Waals surface area (Å²) in [5, 5.41) is 16.1. The van der Waals surface area contributed by atoms with Crippen molar-refractivity contribution in [2.24, 2.45) is 11.8 Å². The lowest BCUT2D eigenvalue weighted by Gasteiger charge is -2.25. The number of carbonyl (C=O) groups excluding carboxylic acids is 2. The van der Waals surface area contributed by atoms with Gasteiger partial charge in [0.25, 0.3) is 0 Å². The summed E-state index contributed by atoms with van der Waals surface area (Å²) in [7, 11) is 0. The Kier molecular flexibility index (Phi) is 5.58. The molecule has 2 aliphatic rings. The number of benzene rings is 2. The topological polar surface area (TPSA) is 106 Å². The predicted octanol–water partition coefficient (Wildman–Crippen LogP) is 0.735. The quantitative estimate of drug-likeness (QED) is 0.779. The minimum absolute atomic E-state index is 0.354. The molecule has 0 spiro atoms. The first-order valence-electron chi connectivity index (χ1n) is 9.05. The molecule has 0 radical (unpaired) electrons. The molecule has 0 saturated carbocycles. The molecule has 2 bridgehead atoms. The molecule has 4 atom stereocenters. The number of carbonyl (C=O) groups is 2. The fraction of sp³-hybridized carbons (Fsp3) is 0.333. The Bertz CT molecular complexity index is 869. The first-order valence-corrected chi connectivity index (χ1v) is 9.05. The van der Waals surface area contributed by atoms with Crippen molar-refractivity contribution < 1.29 is 25.2 Å². The van der Waals surface area contributed by atoms with E-state index in [2.05, 4.69) is 24.9 Å². The summed E-state index contributed by atoms with van der Waals surface area (Å²) in [5.41, 5.74) is 4.30. The van der Waals surface area contributed by atoms with Gasteiger partial charge in [0.1, 0.15) is 0 Å². The third kappa shape index (κ3) is 4.02. The van der Waals surface area contributed by atoms with Crippen LogP contribution >= 0.6 is 0 Å². The smallest absolute Gasteiger partial charge is 0.231 e. The van der Waals surface area contributed by atoms with Crippen molar-refractivity contribution in [1.82, 2.24) is 0 Å². The molecule has 1 amide bonds. The first-order chi connectivity index (χ1) is 12.9. The molecule has 2 aliphatic heterocycles. The monoisotopic (exact) mass is 368 g/mol. The van der Waals surface area contributed by atoms with E-state index in [0.29, 0.717) is 11.7 Å². The van der Waals surface area contributed by atoms with Crippen molar-refractivity contribution >= 4 is 28.3 Å². The fourth-order valence-electron chi connectivity index (χ4n) is 3.45. The Morgan fingerprint density at radius 2 is 1.63 bits per heavy atom. The van der Waals surface area contributed by atoms with E-state index in [1.54, 1.807) is 18.2 Å². The average Bonchev–Trinajstić information content (AvgIpc) is 3.23. The number of carboxylic acids is 1. The molecule has 2 aromatic rings. The number of quaternary nitrogens is 1. The summed E-state index contributed by atoms with van der Waals surface area (Å²) in [6, 6.07) is 13.9. The van der Waals surface area contributed by atoms with Crippen molar-refractivity contribution in [2.45, 2.75) is 32.1 Å². The average molecular weight is 368 g/mol. The van der Waals surface area contributed by atoms with Crippen LogP contribution in [0.4, 0.5) is 5.69 Å². The van der Waals surface area contributed by atoms with Crippen molar-refractivity contribution in [3.8, 4) is 0 Å². The second kappa shape index (κ2) is 7.90. The molecule has 4 unspecified atom stereocenters. The number of fused-ring (bicyclic) bond motifs is 3. The Balaban J connectivity index is 0.000000481. The van der Waals surface area contributed by atoms with Crippen LogP contribution in [0.15, 0.2) is 54.6 Å². The van der Waals surface area contributed by atoms with Crippen LogP contribution < -0.4 is 16.2 Å². The molecule has 0 aliphatic carbocycles. The number of nitrogens with one attached hydrogen (secondary N) is 1. The molecule has 6 nitrogen and oxygen atoms in total. The molecule has 0 aromatic heterocycles. The highest BCUT2D eigenvalue weighted by molar-refractivity contribution is 6.04. The van der Waals surface area contributed by atoms with Gasteiger partial charge in [-0.3, -0.25) is 4.79 Å². The second-order valence-corrected chi connectivity index (χ2v) is 7.23. The normalized spacial score (nSPS) is 25.3. The zero-order chi connectivity index (χ0) is 19.6. The van der Waals surface area contributed by atoms with E-state index in [-0.39, 0.29) is 5.91 Å². The third-order valence-electron chi connectivity index (χ3n) is 4.52. The van der Waals surface area contributed by atoms with E-state index < -0.39 is 30.0 Å². The Hall–Kier alpha value is -2.70. The van der Waals surface area contributed by atoms with Crippen LogP contribution in [0, 0.1) is 11.8 Å². The Morgan fingerprint density at radius 1 is 1.04 bits per heavy atom. The van der Waals surface area contributed by atoms with Crippen LogP contribution in [-0.2, 0) is 14.3 Å². The van der Waals surface area contributed by atoms with E-state index in [1.165, 1.54) is 0 Å². The number of hydrogen-bond donors (Lipinski definition) is 2. The summed E-state index contributed by atoms with van der Waals surface area (Å²) < 4.78 is 5.51. The maximum absolute atomic E-state index is 12.6. The van der Waals surface area contributed by atoms with Crippen molar-refractivity contribution in [3.05, 3.63) is 54.6 Å². The van der Waals surface area contributed by atoms with Crippen molar-refractivity contribution in [3.63, 3.8) is 0 Å². The van der Waals surface area contributed by atoms with Gasteiger partial charge in [0.05, 0.1) is 24.2 Å². The number of aliphatic carboxylic acids is 1. The van der Waals surface area contributed by atoms with Crippen LogP contribution in [0.25, 0.3) is 10.8 Å². The van der Waals surface area contributed by atoms with Crippen molar-refractivity contribution in [2.75, 3.05) is 5.32 Å². The molecule has 2 heterocycles. The fourth-order valence-corrected chi connectivity index (χ4v) is 3.45. The zero-order valence-corrected chi connectivity index (χ0v) is 15.4. The second-order valence-electron chi connectivity index (χ2n) is 7.23. The number of ether oxygens (including phenoxy) is 1. The van der Waals surface area contributed by atoms with E-state index in [0.717, 1.165) is 10.8 Å². The van der Waals surface area contributed by atoms with Gasteiger partial charge in [-0.2, -0.15) is 0 Å². The van der Waals surface area contributed by atoms with E-state index in [9.17, 15) is 14.7 Å². The first kappa shape index (κ1) is 19.1. The third-order valence-corrected chi connectivity index (χ3v) is 4.52. The van der Waals surface area contributed by atoms with Gasteiger partial charge in [-0.25, -0.2) is 0 Å². The van der Waals surface area contributed by atoms with Gasteiger partial charge in [0, 0.05) is 23.0 Å². The number of hydrogen-bond acceptors (Lipinski definition) is 4. The summed E-state index contributed by atoms with van der Waals surface area (Å²) in [6.45, 7) is 4.11. The van der Waals surface area contributed by atoms with Gasteiger partial charge in [-0.05, 0) is 25.3 Å². The minimum Gasteiger partial charge on any atom is -0.550 e. The lowest BCUT2D eigenvalue weighted by Crippen LogP contribution is -2.57. The maximum atomic E-state index is 12.6. The summed E-state index contributed by atoms with van der Waals surface area (Å²) in [6.07, 6.45) is 2.36. The predicted molar refractivity (Wildman–Crippen MR) is 100 cm³/mol. The van der Waals surface area contributed by atoms with E-state index >= 15 is 0 Å². The standard InChI is InChI=1S/C18H15NO4.C3H9N/c20-17(15-13-8-9-14(23-13)16(15)18(21)22)19-12-7-3-5-10-4-1-2-6-11(10)12;1-3(2)4/h1-9,13-16H,(H,19,20)(H,21,22);3H,4H2,1-2H3. The lowest BCUT2D eigenvalue weighted by atomic mass is 9.82. The molecular weight excluding hydrogens is 344 g/mol. The molecule has 142 valence electrons. The van der Waals surface area contributed by atoms with Gasteiger partial charge < -0.3 is 25.7 Å². The minimum atomic E-state index is -1.25. The van der Waals surface area contributed by atoms with Gasteiger partial charge in [-0.15, -0.1) is 0 Å². The highest BCUT2D eigenvalue weighted by atomic mass is 16.5. The highest BCUT2D eigenvalue weighted by Crippen LogP contribution is 2.39. The summed E-state index contributed by atoms with van der Waals surface area (Å²) in [5.74, 6) is -3.32. The van der Waals surface area contributed by atoms with Gasteiger partial charge in [0.15, 0.2) is 0 Å². The molecule has 1 fully saturated rings. The molecule has 2 aromatic carbocycles. The summed E-state index contributed by atoms with van der Waals surface area (Å²) in [4.78, 5) is 24.0. The van der Waals surface area contributed by atoms with Crippen LogP contribution in [0.2, 0.25) is 0 Å². The van der Waals surface area contributed by atoms with E-state index in [1.807, 2.05) is 36.4 Å². The number of amides is 1. The number of anilines is 1. The summed E-state index contributed by atoms with van der Waals surface area (Å²) >= 11 is 0. The molecule has 4 rings (SSSR count). The highest BCUT2D eigenvalue weighted by Gasteiger charge is 2.50. The van der Waals surface area contributed by atoms with E-state index in [4.69, 9.17) is 4.74 Å². The SMILES string of the molecule is CC(C)[NH3+].O=C([O-])C1C2C=CC(O2)C1C(=O)Nc1cccc2ccccc12. The number of rotatable bonds is 3. The molecule has 27 heavy (non-hydrogen) atoms. The largest absolute Gasteiger partial charge is 0.550 e. The van der Waals surface area contributed by atoms with Crippen LogP contribution in [0.3, 0.4) is 0 Å².